The summed E-state index contributed by atoms with van der Waals surface area (Å²) < 4.78 is 22.9. The Hall–Kier alpha value is -1.03. The van der Waals surface area contributed by atoms with Gasteiger partial charge in [0.25, 0.3) is 0 Å². The molecule has 1 aliphatic rings. The van der Waals surface area contributed by atoms with Crippen LogP contribution in [0.4, 0.5) is 5.69 Å². The van der Waals surface area contributed by atoms with Gasteiger partial charge in [-0.2, -0.15) is 0 Å². The lowest BCUT2D eigenvalue weighted by molar-refractivity contribution is 0.594. The first-order valence-corrected chi connectivity index (χ1v) is 8.49. The average Bonchev–Trinajstić information content (AvgIpc) is 2.39. The maximum Gasteiger partial charge on any atom is 0.150 e. The predicted molar refractivity (Wildman–Crippen MR) is 75.9 cm³/mol. The molecule has 0 spiro atoms. The van der Waals surface area contributed by atoms with Crippen molar-refractivity contribution in [2.45, 2.75) is 32.6 Å². The Morgan fingerprint density at radius 2 is 2.17 bits per heavy atom. The van der Waals surface area contributed by atoms with Crippen molar-refractivity contribution >= 4 is 15.5 Å². The van der Waals surface area contributed by atoms with Crippen LogP contribution in [0.25, 0.3) is 0 Å². The zero-order chi connectivity index (χ0) is 13.0. The smallest absolute Gasteiger partial charge is 0.150 e. The summed E-state index contributed by atoms with van der Waals surface area (Å²) in [5.74, 6) is 0.558. The molecule has 2 rings (SSSR count). The third kappa shape index (κ3) is 3.25. The molecule has 1 aliphatic heterocycles. The fourth-order valence-corrected chi connectivity index (χ4v) is 3.32. The summed E-state index contributed by atoms with van der Waals surface area (Å²) in [7, 11) is -2.83. The minimum atomic E-state index is -2.83. The Labute approximate surface area is 110 Å². The van der Waals surface area contributed by atoms with Crippen LogP contribution in [0.1, 0.15) is 30.9 Å². The largest absolute Gasteiger partial charge is 0.385 e. The highest BCUT2D eigenvalue weighted by molar-refractivity contribution is 7.91. The van der Waals surface area contributed by atoms with Gasteiger partial charge in [-0.3, -0.25) is 0 Å². The number of hydrogen-bond acceptors (Lipinski definition) is 3. The minimum Gasteiger partial charge on any atom is -0.385 e. The van der Waals surface area contributed by atoms with E-state index in [1.54, 1.807) is 6.92 Å². The second-order valence-corrected chi connectivity index (χ2v) is 7.29. The molecule has 0 atom stereocenters. The highest BCUT2D eigenvalue weighted by Gasteiger charge is 2.13. The molecule has 0 bridgehead atoms. The molecule has 4 heteroatoms. The second-order valence-electron chi connectivity index (χ2n) is 4.81. The Balaban J connectivity index is 2.02. The lowest BCUT2D eigenvalue weighted by atomic mass is 9.95. The van der Waals surface area contributed by atoms with Gasteiger partial charge in [-0.1, -0.05) is 19.1 Å². The van der Waals surface area contributed by atoms with Gasteiger partial charge in [0.2, 0.25) is 0 Å². The zero-order valence-corrected chi connectivity index (χ0v) is 11.7. The fourth-order valence-electron chi connectivity index (χ4n) is 2.44. The van der Waals surface area contributed by atoms with E-state index < -0.39 is 9.84 Å². The Bertz CT molecular complexity index is 509. The van der Waals surface area contributed by atoms with Gasteiger partial charge in [-0.05, 0) is 42.9 Å². The Morgan fingerprint density at radius 3 is 2.94 bits per heavy atom. The maximum absolute atomic E-state index is 11.5. The molecule has 0 fully saturated rings. The molecule has 0 amide bonds. The molecular weight excluding hydrogens is 246 g/mol. The van der Waals surface area contributed by atoms with Crippen LogP contribution in [-0.2, 0) is 22.7 Å². The lowest BCUT2D eigenvalue weighted by Gasteiger charge is -2.21. The molecule has 100 valence electrons. The Kier molecular flexibility index (Phi) is 4.27. The maximum atomic E-state index is 11.5. The Morgan fingerprint density at radius 1 is 1.33 bits per heavy atom. The van der Waals surface area contributed by atoms with Gasteiger partial charge >= 0.3 is 0 Å². The van der Waals surface area contributed by atoms with Crippen LogP contribution < -0.4 is 5.32 Å². The highest BCUT2D eigenvalue weighted by atomic mass is 32.2. The fraction of sp³-hybridized carbons (Fsp3) is 0.571. The van der Waals surface area contributed by atoms with Crippen LogP contribution in [0.5, 0.6) is 0 Å². The van der Waals surface area contributed by atoms with E-state index in [1.807, 2.05) is 0 Å². The first-order valence-electron chi connectivity index (χ1n) is 6.67. The van der Waals surface area contributed by atoms with Crippen molar-refractivity contribution in [1.29, 1.82) is 0 Å². The van der Waals surface area contributed by atoms with Crippen LogP contribution in [0, 0.1) is 0 Å². The van der Waals surface area contributed by atoms with Crippen molar-refractivity contribution in [3.8, 4) is 0 Å². The van der Waals surface area contributed by atoms with Crippen LogP contribution in [0.3, 0.4) is 0 Å². The molecule has 0 aromatic heterocycles. The highest BCUT2D eigenvalue weighted by Crippen LogP contribution is 2.26. The lowest BCUT2D eigenvalue weighted by Crippen LogP contribution is -2.14. The van der Waals surface area contributed by atoms with Gasteiger partial charge in [0.05, 0.1) is 5.75 Å². The van der Waals surface area contributed by atoms with Crippen molar-refractivity contribution in [3.05, 3.63) is 29.3 Å². The van der Waals surface area contributed by atoms with Crippen LogP contribution in [0.2, 0.25) is 0 Å². The topological polar surface area (TPSA) is 46.2 Å². The van der Waals surface area contributed by atoms with Gasteiger partial charge in [0.15, 0.2) is 0 Å². The van der Waals surface area contributed by atoms with Crippen molar-refractivity contribution in [3.63, 3.8) is 0 Å². The van der Waals surface area contributed by atoms with E-state index in [4.69, 9.17) is 0 Å². The summed E-state index contributed by atoms with van der Waals surface area (Å²) >= 11 is 0. The van der Waals surface area contributed by atoms with Gasteiger partial charge in [-0.15, -0.1) is 0 Å². The van der Waals surface area contributed by atoms with Gasteiger partial charge in [-0.25, -0.2) is 8.42 Å². The molecule has 0 saturated heterocycles. The van der Waals surface area contributed by atoms with Crippen molar-refractivity contribution in [2.75, 3.05) is 23.4 Å². The van der Waals surface area contributed by atoms with Crippen molar-refractivity contribution < 1.29 is 8.42 Å². The number of aryl methyl sites for hydroxylation is 1. The normalized spacial score (nSPS) is 14.9. The van der Waals surface area contributed by atoms with Gasteiger partial charge in [0.1, 0.15) is 9.84 Å². The number of anilines is 1. The number of nitrogens with one attached hydrogen (secondary N) is 1. The molecule has 1 N–H and O–H groups in total. The molecule has 0 saturated carbocycles. The van der Waals surface area contributed by atoms with Gasteiger partial charge < -0.3 is 5.32 Å². The average molecular weight is 267 g/mol. The number of fused-ring (bicyclic) bond motifs is 1. The number of sulfone groups is 1. The quantitative estimate of drug-likeness (QED) is 0.891. The van der Waals surface area contributed by atoms with E-state index >= 15 is 0 Å². The molecule has 0 radical (unpaired) electrons. The summed E-state index contributed by atoms with van der Waals surface area (Å²) in [6.45, 7) is 2.75. The van der Waals surface area contributed by atoms with Crippen molar-refractivity contribution in [1.82, 2.24) is 0 Å². The number of rotatable bonds is 5. The third-order valence-corrected chi connectivity index (χ3v) is 5.32. The van der Waals surface area contributed by atoms with E-state index in [0.29, 0.717) is 5.75 Å². The zero-order valence-electron chi connectivity index (χ0n) is 10.9. The second kappa shape index (κ2) is 5.74. The predicted octanol–water partition coefficient (Wildman–Crippen LogP) is 2.41. The van der Waals surface area contributed by atoms with E-state index in [9.17, 15) is 8.42 Å². The van der Waals surface area contributed by atoms with E-state index in [1.165, 1.54) is 16.8 Å². The minimum absolute atomic E-state index is 0.251. The van der Waals surface area contributed by atoms with Crippen molar-refractivity contribution in [2.24, 2.45) is 0 Å². The van der Waals surface area contributed by atoms with Crippen LogP contribution >= 0.6 is 0 Å². The summed E-state index contributed by atoms with van der Waals surface area (Å²) in [4.78, 5) is 0. The van der Waals surface area contributed by atoms with E-state index in [-0.39, 0.29) is 5.75 Å². The first-order chi connectivity index (χ1) is 8.62. The summed E-state index contributed by atoms with van der Waals surface area (Å²) in [6, 6.07) is 6.30. The summed E-state index contributed by atoms with van der Waals surface area (Å²) in [5.41, 5.74) is 3.93. The number of benzene rings is 1. The first kappa shape index (κ1) is 13.4. The van der Waals surface area contributed by atoms with Crippen LogP contribution in [-0.4, -0.2) is 26.5 Å². The SMILES string of the molecule is CCS(=O)(=O)CCCc1cccc2c1CCCN2. The third-order valence-electron chi connectivity index (χ3n) is 3.53. The molecule has 1 aromatic carbocycles. The van der Waals surface area contributed by atoms with E-state index in [0.717, 1.165) is 32.2 Å². The molecule has 3 nitrogen and oxygen atoms in total. The summed E-state index contributed by atoms with van der Waals surface area (Å²) in [5, 5.41) is 3.40. The van der Waals surface area contributed by atoms with Crippen LogP contribution in [0.15, 0.2) is 18.2 Å². The molecule has 0 unspecified atom stereocenters. The number of hydrogen-bond donors (Lipinski definition) is 1. The standard InChI is InChI=1S/C14H21NO2S/c1-2-18(16,17)11-5-7-12-6-3-9-14-13(12)8-4-10-15-14/h3,6,9,15H,2,4-5,7-8,10-11H2,1H3. The monoisotopic (exact) mass is 267 g/mol. The molecule has 1 aromatic rings. The van der Waals surface area contributed by atoms with E-state index in [2.05, 4.69) is 23.5 Å². The molecule has 0 aliphatic carbocycles. The molecular formula is C14H21NO2S. The molecule has 1 heterocycles. The van der Waals surface area contributed by atoms with Gasteiger partial charge in [0, 0.05) is 18.0 Å². The summed E-state index contributed by atoms with van der Waals surface area (Å²) in [6.07, 6.45) is 3.87. The molecule has 18 heavy (non-hydrogen) atoms.